The predicted molar refractivity (Wildman–Crippen MR) is 166 cm³/mol. The third-order valence-corrected chi connectivity index (χ3v) is 11.0. The maximum absolute atomic E-state index is 14.4. The summed E-state index contributed by atoms with van der Waals surface area (Å²) >= 11 is 1.90. The van der Waals surface area contributed by atoms with Crippen LogP contribution in [0.15, 0.2) is 36.4 Å². The highest BCUT2D eigenvalue weighted by Gasteiger charge is 2.61. The van der Waals surface area contributed by atoms with E-state index in [1.54, 1.807) is 0 Å². The Hall–Kier alpha value is -2.73. The Kier molecular flexibility index (Phi) is 6.84. The van der Waals surface area contributed by atoms with Crippen LogP contribution >= 0.6 is 11.8 Å². The molecule has 0 bridgehead atoms. The van der Waals surface area contributed by atoms with Crippen LogP contribution in [0.4, 0.5) is 5.69 Å². The van der Waals surface area contributed by atoms with E-state index in [9.17, 15) is 9.59 Å². The molecule has 2 heterocycles. The molecule has 2 amide bonds. The molecule has 1 aromatic heterocycles. The summed E-state index contributed by atoms with van der Waals surface area (Å²) in [4.78, 5) is 34.4. The van der Waals surface area contributed by atoms with E-state index in [1.807, 2.05) is 11.8 Å². The zero-order valence-corrected chi connectivity index (χ0v) is 25.6. The van der Waals surface area contributed by atoms with Crippen molar-refractivity contribution in [3.8, 4) is 0 Å². The van der Waals surface area contributed by atoms with Gasteiger partial charge in [-0.1, -0.05) is 49.7 Å². The first-order valence-corrected chi connectivity index (χ1v) is 16.1. The summed E-state index contributed by atoms with van der Waals surface area (Å²) in [5, 5.41) is 4.61. The highest BCUT2D eigenvalue weighted by molar-refractivity contribution is 7.99. The minimum atomic E-state index is -0.779. The van der Waals surface area contributed by atoms with Gasteiger partial charge in [-0.2, -0.15) is 11.8 Å². The van der Waals surface area contributed by atoms with Crippen LogP contribution in [-0.2, 0) is 9.59 Å². The molecule has 0 radical (unpaired) electrons. The van der Waals surface area contributed by atoms with E-state index >= 15 is 0 Å². The van der Waals surface area contributed by atoms with Gasteiger partial charge in [-0.15, -0.1) is 0 Å². The van der Waals surface area contributed by atoms with E-state index in [0.717, 1.165) is 54.0 Å². The number of amides is 2. The quantitative estimate of drug-likeness (QED) is 0.318. The maximum atomic E-state index is 14.4. The summed E-state index contributed by atoms with van der Waals surface area (Å²) in [6, 6.07) is 12.9. The first-order valence-electron chi connectivity index (χ1n) is 14.9. The SMILES string of the molecule is Cc1cc(C)c(NC(=O)C2(N(C(=O)CC3C(c4c(C)[nH]c5ccccc45)C3(C)C)C3CC3)CCSCC2)c(C)c1. The monoisotopic (exact) mass is 557 g/mol. The van der Waals surface area contributed by atoms with Crippen molar-refractivity contribution in [1.29, 1.82) is 0 Å². The molecular formula is C34H43N3O2S. The molecule has 2 atom stereocenters. The van der Waals surface area contributed by atoms with Gasteiger partial charge in [-0.25, -0.2) is 0 Å². The number of benzene rings is 2. The van der Waals surface area contributed by atoms with Gasteiger partial charge in [-0.3, -0.25) is 9.59 Å². The van der Waals surface area contributed by atoms with Crippen LogP contribution in [0.2, 0.25) is 0 Å². The molecule has 0 spiro atoms. The van der Waals surface area contributed by atoms with Crippen LogP contribution in [0.5, 0.6) is 0 Å². The molecule has 212 valence electrons. The van der Waals surface area contributed by atoms with Gasteiger partial charge in [0.25, 0.3) is 0 Å². The molecule has 5 nitrogen and oxygen atoms in total. The molecular weight excluding hydrogens is 514 g/mol. The van der Waals surface area contributed by atoms with Crippen molar-refractivity contribution < 1.29 is 9.59 Å². The number of aryl methyl sites for hydroxylation is 4. The topological polar surface area (TPSA) is 65.2 Å². The molecule has 40 heavy (non-hydrogen) atoms. The number of carbonyl (C=O) groups is 2. The molecule has 1 aliphatic heterocycles. The molecule has 3 aliphatic rings. The summed E-state index contributed by atoms with van der Waals surface area (Å²) in [6.07, 6.45) is 3.92. The second kappa shape index (κ2) is 9.97. The molecule has 2 aromatic carbocycles. The highest BCUT2D eigenvalue weighted by Crippen LogP contribution is 2.67. The van der Waals surface area contributed by atoms with Gasteiger partial charge in [0, 0.05) is 34.7 Å². The van der Waals surface area contributed by atoms with Crippen LogP contribution < -0.4 is 5.32 Å². The first-order chi connectivity index (χ1) is 19.0. The average Bonchev–Trinajstić information content (AvgIpc) is 3.79. The van der Waals surface area contributed by atoms with Crippen molar-refractivity contribution in [3.63, 3.8) is 0 Å². The van der Waals surface area contributed by atoms with Crippen molar-refractivity contribution >= 4 is 40.2 Å². The maximum Gasteiger partial charge on any atom is 0.250 e. The largest absolute Gasteiger partial charge is 0.358 e. The van der Waals surface area contributed by atoms with Gasteiger partial charge in [0.15, 0.2) is 0 Å². The Bertz CT molecular complexity index is 1450. The van der Waals surface area contributed by atoms with E-state index in [0.29, 0.717) is 12.3 Å². The highest BCUT2D eigenvalue weighted by atomic mass is 32.2. The zero-order chi connectivity index (χ0) is 28.4. The standard InChI is InChI=1S/C34H43N3O2S/c1-20-17-21(2)31(22(3)18-20)36-32(39)34(13-15-40-16-14-34)37(24-11-12-24)28(38)19-26-30(33(26,5)6)29-23(4)35-27-10-8-7-9-25(27)29/h7-10,17-18,24,26,30,35H,11-16,19H2,1-6H3,(H,36,39). The fourth-order valence-electron chi connectivity index (χ4n) is 7.70. The lowest BCUT2D eigenvalue weighted by Crippen LogP contribution is -2.61. The number of thioether (sulfide) groups is 1. The smallest absolute Gasteiger partial charge is 0.250 e. The number of fused-ring (bicyclic) bond motifs is 1. The van der Waals surface area contributed by atoms with Gasteiger partial charge >= 0.3 is 0 Å². The van der Waals surface area contributed by atoms with Crippen molar-refractivity contribution in [1.82, 2.24) is 9.88 Å². The number of hydrogen-bond acceptors (Lipinski definition) is 3. The van der Waals surface area contributed by atoms with Crippen LogP contribution in [0, 0.1) is 39.0 Å². The number of hydrogen-bond donors (Lipinski definition) is 2. The van der Waals surface area contributed by atoms with Gasteiger partial charge in [-0.05, 0) is 105 Å². The number of nitrogens with one attached hydrogen (secondary N) is 2. The third-order valence-electron chi connectivity index (χ3n) is 10.00. The Balaban J connectivity index is 1.29. The lowest BCUT2D eigenvalue weighted by atomic mass is 9.87. The molecule has 6 rings (SSSR count). The Morgan fingerprint density at radius 1 is 1.02 bits per heavy atom. The summed E-state index contributed by atoms with van der Waals surface area (Å²) in [5.41, 5.74) is 7.24. The number of para-hydroxylation sites is 1. The molecule has 2 aliphatic carbocycles. The molecule has 3 aromatic rings. The van der Waals surface area contributed by atoms with Gasteiger partial charge in [0.05, 0.1) is 0 Å². The number of rotatable bonds is 7. The van der Waals surface area contributed by atoms with E-state index in [2.05, 4.69) is 93.1 Å². The number of aromatic nitrogens is 1. The van der Waals surface area contributed by atoms with E-state index in [4.69, 9.17) is 0 Å². The number of H-pyrrole nitrogens is 1. The van der Waals surface area contributed by atoms with Crippen molar-refractivity contribution in [2.24, 2.45) is 11.3 Å². The Morgan fingerprint density at radius 3 is 2.33 bits per heavy atom. The van der Waals surface area contributed by atoms with Gasteiger partial charge in [0.2, 0.25) is 11.8 Å². The number of carbonyl (C=O) groups excluding carboxylic acids is 2. The molecule has 3 fully saturated rings. The van der Waals surface area contributed by atoms with Crippen LogP contribution in [0.1, 0.15) is 79.8 Å². The number of aromatic amines is 1. The minimum Gasteiger partial charge on any atom is -0.358 e. The second-order valence-corrected chi connectivity index (χ2v) is 14.4. The number of nitrogens with zero attached hydrogens (tertiary/aromatic N) is 1. The molecule has 2 unspecified atom stereocenters. The summed E-state index contributed by atoms with van der Waals surface area (Å²) in [6.45, 7) is 13.0. The average molecular weight is 558 g/mol. The van der Waals surface area contributed by atoms with Gasteiger partial charge in [0.1, 0.15) is 5.54 Å². The van der Waals surface area contributed by atoms with Crippen molar-refractivity contribution in [3.05, 3.63) is 64.3 Å². The number of anilines is 1. The van der Waals surface area contributed by atoms with Crippen LogP contribution in [0.25, 0.3) is 10.9 Å². The van der Waals surface area contributed by atoms with E-state index < -0.39 is 5.54 Å². The normalized spacial score (nSPS) is 23.1. The summed E-state index contributed by atoms with van der Waals surface area (Å²) < 4.78 is 0. The molecule has 2 saturated carbocycles. The molecule has 6 heteroatoms. The first kappa shape index (κ1) is 27.4. The third kappa shape index (κ3) is 4.56. The minimum absolute atomic E-state index is 0.00202. The predicted octanol–water partition coefficient (Wildman–Crippen LogP) is 7.43. The van der Waals surface area contributed by atoms with E-state index in [-0.39, 0.29) is 29.2 Å². The lowest BCUT2D eigenvalue weighted by Gasteiger charge is -2.45. The second-order valence-electron chi connectivity index (χ2n) is 13.2. The fourth-order valence-corrected chi connectivity index (χ4v) is 8.87. The van der Waals surface area contributed by atoms with Crippen LogP contribution in [-0.4, -0.2) is 44.8 Å². The lowest BCUT2D eigenvalue weighted by molar-refractivity contribution is -0.147. The van der Waals surface area contributed by atoms with Gasteiger partial charge < -0.3 is 15.2 Å². The Morgan fingerprint density at radius 2 is 1.68 bits per heavy atom. The van der Waals surface area contributed by atoms with Crippen molar-refractivity contribution in [2.75, 3.05) is 16.8 Å². The zero-order valence-electron chi connectivity index (χ0n) is 24.8. The van der Waals surface area contributed by atoms with Crippen LogP contribution in [0.3, 0.4) is 0 Å². The van der Waals surface area contributed by atoms with Crippen molar-refractivity contribution in [2.45, 2.75) is 91.1 Å². The fraction of sp³-hybridized carbons (Fsp3) is 0.529. The Labute approximate surface area is 242 Å². The molecule has 2 N–H and O–H groups in total. The summed E-state index contributed by atoms with van der Waals surface area (Å²) in [5.74, 6) is 2.57. The summed E-state index contributed by atoms with van der Waals surface area (Å²) in [7, 11) is 0. The van der Waals surface area contributed by atoms with E-state index in [1.165, 1.54) is 27.7 Å². The molecule has 1 saturated heterocycles.